The fraction of sp³-hybridized carbons (Fsp3) is 0.154. The summed E-state index contributed by atoms with van der Waals surface area (Å²) in [5.41, 5.74) is 0.963. The van der Waals surface area contributed by atoms with Crippen molar-refractivity contribution in [1.29, 1.82) is 0 Å². The Kier molecular flexibility index (Phi) is 4.31. The number of hydrogen-bond donors (Lipinski definition) is 2. The summed E-state index contributed by atoms with van der Waals surface area (Å²) >= 11 is 1.31. The molecule has 2 aromatic heterocycles. The molecule has 0 unspecified atom stereocenters. The van der Waals surface area contributed by atoms with Gasteiger partial charge in [-0.1, -0.05) is 0 Å². The summed E-state index contributed by atoms with van der Waals surface area (Å²) in [4.78, 5) is 28.2. The van der Waals surface area contributed by atoms with Crippen LogP contribution in [0.1, 0.15) is 15.2 Å². The van der Waals surface area contributed by atoms with Crippen molar-refractivity contribution in [1.82, 2.24) is 4.98 Å². The molecular weight excluding hydrogens is 278 g/mol. The van der Waals surface area contributed by atoms with Gasteiger partial charge in [0.1, 0.15) is 5.00 Å². The van der Waals surface area contributed by atoms with Crippen molar-refractivity contribution >= 4 is 34.0 Å². The predicted molar refractivity (Wildman–Crippen MR) is 77.3 cm³/mol. The first-order valence-electron chi connectivity index (χ1n) is 5.77. The average molecular weight is 291 g/mol. The summed E-state index contributed by atoms with van der Waals surface area (Å²) in [6, 6.07) is 4.59. The molecular formula is C13H13N3O3S. The van der Waals surface area contributed by atoms with Crippen LogP contribution in [-0.4, -0.2) is 24.1 Å². The minimum Gasteiger partial charge on any atom is -0.465 e. The van der Waals surface area contributed by atoms with E-state index in [1.165, 1.54) is 18.4 Å². The third-order valence-corrected chi connectivity index (χ3v) is 3.39. The fourth-order valence-corrected chi connectivity index (χ4v) is 2.46. The van der Waals surface area contributed by atoms with Gasteiger partial charge in [-0.3, -0.25) is 10.3 Å². The van der Waals surface area contributed by atoms with Crippen LogP contribution in [0.25, 0.3) is 0 Å². The molecule has 0 aliphatic carbocycles. The van der Waals surface area contributed by atoms with E-state index >= 15 is 0 Å². The highest BCUT2D eigenvalue weighted by Crippen LogP contribution is 2.28. The van der Waals surface area contributed by atoms with Crippen LogP contribution >= 0.6 is 11.3 Å². The smallest absolute Gasteiger partial charge is 0.340 e. The van der Waals surface area contributed by atoms with E-state index in [-0.39, 0.29) is 0 Å². The molecule has 0 aromatic carbocycles. The van der Waals surface area contributed by atoms with Crippen molar-refractivity contribution in [3.8, 4) is 0 Å². The molecule has 0 radical (unpaired) electrons. The topological polar surface area (TPSA) is 80.3 Å². The van der Waals surface area contributed by atoms with Gasteiger partial charge in [-0.25, -0.2) is 9.59 Å². The predicted octanol–water partition coefficient (Wildman–Crippen LogP) is 2.88. The second-order valence-corrected chi connectivity index (χ2v) is 5.16. The third kappa shape index (κ3) is 3.33. The Morgan fingerprint density at radius 1 is 1.25 bits per heavy atom. The van der Waals surface area contributed by atoms with Gasteiger partial charge in [-0.15, -0.1) is 11.3 Å². The molecule has 0 aliphatic heterocycles. The molecule has 0 saturated carbocycles. The summed E-state index contributed by atoms with van der Waals surface area (Å²) in [5.74, 6) is -0.478. The van der Waals surface area contributed by atoms with Crippen molar-refractivity contribution in [3.63, 3.8) is 0 Å². The molecule has 0 saturated heterocycles. The minimum atomic E-state index is -0.478. The van der Waals surface area contributed by atoms with Gasteiger partial charge in [0.25, 0.3) is 0 Å². The zero-order valence-corrected chi connectivity index (χ0v) is 11.8. The lowest BCUT2D eigenvalue weighted by Gasteiger charge is -2.07. The van der Waals surface area contributed by atoms with Gasteiger partial charge < -0.3 is 10.1 Å². The molecule has 2 rings (SSSR count). The number of pyridine rings is 1. The number of methoxy groups -OCH3 is 1. The normalized spacial score (nSPS) is 9.90. The Bertz CT molecular complexity index is 625. The van der Waals surface area contributed by atoms with Gasteiger partial charge >= 0.3 is 12.0 Å². The largest absolute Gasteiger partial charge is 0.465 e. The Hall–Kier alpha value is -2.41. The molecule has 7 heteroatoms. The lowest BCUT2D eigenvalue weighted by atomic mass is 10.3. The van der Waals surface area contributed by atoms with Gasteiger partial charge in [0.15, 0.2) is 0 Å². The number of amides is 2. The lowest BCUT2D eigenvalue weighted by Crippen LogP contribution is -2.20. The van der Waals surface area contributed by atoms with Crippen molar-refractivity contribution < 1.29 is 14.3 Å². The number of aromatic nitrogens is 1. The zero-order chi connectivity index (χ0) is 14.5. The Balaban J connectivity index is 2.10. The van der Waals surface area contributed by atoms with E-state index in [2.05, 4.69) is 20.4 Å². The first kappa shape index (κ1) is 14.0. The highest BCUT2D eigenvalue weighted by atomic mass is 32.1. The molecule has 6 nitrogen and oxygen atoms in total. The summed E-state index contributed by atoms with van der Waals surface area (Å²) < 4.78 is 4.68. The summed E-state index contributed by atoms with van der Waals surface area (Å²) in [7, 11) is 1.30. The number of thiophene rings is 1. The van der Waals surface area contributed by atoms with Crippen LogP contribution in [0.4, 0.5) is 15.5 Å². The zero-order valence-electron chi connectivity index (χ0n) is 11.0. The maximum atomic E-state index is 11.9. The summed E-state index contributed by atoms with van der Waals surface area (Å²) in [6.45, 7) is 1.85. The lowest BCUT2D eigenvalue weighted by molar-refractivity contribution is 0.0602. The number of esters is 1. The molecule has 0 atom stereocenters. The molecule has 2 heterocycles. The number of aryl methyl sites for hydroxylation is 1. The Labute approximate surface area is 119 Å². The van der Waals surface area contributed by atoms with Crippen LogP contribution in [0.5, 0.6) is 0 Å². The highest BCUT2D eigenvalue weighted by molar-refractivity contribution is 7.16. The van der Waals surface area contributed by atoms with E-state index in [1.807, 2.05) is 6.92 Å². The minimum absolute atomic E-state index is 0.347. The highest BCUT2D eigenvalue weighted by Gasteiger charge is 2.17. The summed E-state index contributed by atoms with van der Waals surface area (Å²) in [5, 5.41) is 5.75. The van der Waals surface area contributed by atoms with Crippen LogP contribution in [0.2, 0.25) is 0 Å². The van der Waals surface area contributed by atoms with Gasteiger partial charge in [0.2, 0.25) is 0 Å². The van der Waals surface area contributed by atoms with Crippen LogP contribution in [-0.2, 0) is 4.74 Å². The molecule has 2 aromatic rings. The first-order valence-corrected chi connectivity index (χ1v) is 6.58. The molecule has 2 N–H and O–H groups in total. The van der Waals surface area contributed by atoms with Crippen molar-refractivity contribution in [2.24, 2.45) is 0 Å². The van der Waals surface area contributed by atoms with Gasteiger partial charge in [-0.05, 0) is 25.1 Å². The number of carbonyl (C=O) groups excluding carboxylic acids is 2. The molecule has 0 aliphatic rings. The number of hydrogen-bond acceptors (Lipinski definition) is 5. The van der Waals surface area contributed by atoms with Gasteiger partial charge in [-0.2, -0.15) is 0 Å². The Morgan fingerprint density at radius 2 is 1.95 bits per heavy atom. The number of ether oxygens (including phenoxy) is 1. The van der Waals surface area contributed by atoms with Crippen LogP contribution in [0.3, 0.4) is 0 Å². The van der Waals surface area contributed by atoms with E-state index in [0.717, 1.165) is 4.88 Å². The van der Waals surface area contributed by atoms with Crippen LogP contribution in [0.15, 0.2) is 30.6 Å². The number of anilines is 2. The van der Waals surface area contributed by atoms with E-state index in [0.29, 0.717) is 16.3 Å². The van der Waals surface area contributed by atoms with Crippen molar-refractivity contribution in [3.05, 3.63) is 41.0 Å². The number of rotatable bonds is 3. The number of nitrogens with zero attached hydrogens (tertiary/aromatic N) is 1. The van der Waals surface area contributed by atoms with E-state index in [9.17, 15) is 9.59 Å². The standard InChI is InChI=1S/C13H13N3O3S/c1-8-7-10(12(17)19-2)11(20-8)16-13(18)15-9-3-5-14-6-4-9/h3-7H,1-2H3,(H2,14,15,16,18). The SMILES string of the molecule is COC(=O)c1cc(C)sc1NC(=O)Nc1ccncc1. The second-order valence-electron chi connectivity index (χ2n) is 3.91. The fourth-order valence-electron chi connectivity index (χ4n) is 1.57. The molecule has 2 amide bonds. The van der Waals surface area contributed by atoms with Gasteiger partial charge in [0, 0.05) is 23.0 Å². The average Bonchev–Trinajstić information content (AvgIpc) is 2.79. The van der Waals surface area contributed by atoms with Crippen LogP contribution < -0.4 is 10.6 Å². The first-order chi connectivity index (χ1) is 9.60. The number of carbonyl (C=O) groups is 2. The maximum Gasteiger partial charge on any atom is 0.340 e. The molecule has 0 spiro atoms. The molecule has 0 bridgehead atoms. The van der Waals surface area contributed by atoms with Crippen LogP contribution in [0, 0.1) is 6.92 Å². The number of urea groups is 1. The van der Waals surface area contributed by atoms with Crippen molar-refractivity contribution in [2.45, 2.75) is 6.92 Å². The second kappa shape index (κ2) is 6.16. The van der Waals surface area contributed by atoms with E-state index in [1.54, 1.807) is 30.6 Å². The Morgan fingerprint density at radius 3 is 2.60 bits per heavy atom. The van der Waals surface area contributed by atoms with E-state index in [4.69, 9.17) is 0 Å². The van der Waals surface area contributed by atoms with E-state index < -0.39 is 12.0 Å². The monoisotopic (exact) mass is 291 g/mol. The van der Waals surface area contributed by atoms with Gasteiger partial charge in [0.05, 0.1) is 12.7 Å². The molecule has 0 fully saturated rings. The van der Waals surface area contributed by atoms with Crippen molar-refractivity contribution in [2.75, 3.05) is 17.7 Å². The maximum absolute atomic E-state index is 11.9. The quantitative estimate of drug-likeness (QED) is 0.852. The summed E-state index contributed by atoms with van der Waals surface area (Å²) in [6.07, 6.45) is 3.15. The number of nitrogens with one attached hydrogen (secondary N) is 2. The molecule has 104 valence electrons. The third-order valence-electron chi connectivity index (χ3n) is 2.43. The molecule has 20 heavy (non-hydrogen) atoms.